The molecule has 2 rings (SSSR count). The molecule has 0 aromatic rings. The second kappa shape index (κ2) is 7.47. The monoisotopic (exact) mass is 330 g/mol. The molecule has 6 unspecified atom stereocenters. The van der Waals surface area contributed by atoms with E-state index in [-0.39, 0.29) is 18.2 Å². The zero-order valence-electron chi connectivity index (χ0n) is 14.8. The van der Waals surface area contributed by atoms with Gasteiger partial charge in [0.05, 0.1) is 17.6 Å². The molecule has 134 valence electrons. The van der Waals surface area contributed by atoms with Crippen molar-refractivity contribution in [1.29, 1.82) is 0 Å². The van der Waals surface area contributed by atoms with E-state index in [2.05, 4.69) is 0 Å². The zero-order valence-corrected chi connectivity index (χ0v) is 14.8. The average Bonchev–Trinajstić information content (AvgIpc) is 2.44. The third-order valence-corrected chi connectivity index (χ3v) is 4.22. The number of rotatable bonds is 3. The third kappa shape index (κ3) is 5.14. The van der Waals surface area contributed by atoms with Gasteiger partial charge in [-0.15, -0.1) is 0 Å². The highest BCUT2D eigenvalue weighted by Gasteiger charge is 2.39. The van der Waals surface area contributed by atoms with Gasteiger partial charge in [-0.05, 0) is 60.3 Å². The minimum absolute atomic E-state index is 0.00346. The highest BCUT2D eigenvalue weighted by atomic mass is 16.7. The summed E-state index contributed by atoms with van der Waals surface area (Å²) in [4.78, 5) is 12.2. The smallest absolute Gasteiger partial charge is 0.313 e. The minimum Gasteiger partial charge on any atom is -0.432 e. The van der Waals surface area contributed by atoms with Crippen LogP contribution >= 0.6 is 0 Å². The van der Waals surface area contributed by atoms with E-state index < -0.39 is 30.2 Å². The number of aliphatic hydroxyl groups excluding tert-OH is 1. The second-order valence-corrected chi connectivity index (χ2v) is 7.68. The highest BCUT2D eigenvalue weighted by molar-refractivity contribution is 5.75. The Hall–Kier alpha value is -0.690. The van der Waals surface area contributed by atoms with Crippen LogP contribution in [0.3, 0.4) is 0 Å². The molecule has 6 heteroatoms. The molecule has 0 amide bonds. The van der Waals surface area contributed by atoms with E-state index in [1.807, 2.05) is 13.8 Å². The van der Waals surface area contributed by atoms with Gasteiger partial charge in [-0.2, -0.15) is 0 Å². The lowest BCUT2D eigenvalue weighted by atomic mass is 9.97. The molecular weight excluding hydrogens is 300 g/mol. The number of carbonyl (C=O) groups is 1. The van der Waals surface area contributed by atoms with Crippen molar-refractivity contribution >= 4 is 5.97 Å². The summed E-state index contributed by atoms with van der Waals surface area (Å²) in [6, 6.07) is 0. The molecular formula is C17H30O6. The largest absolute Gasteiger partial charge is 0.432 e. The van der Waals surface area contributed by atoms with Gasteiger partial charge in [0.15, 0.2) is 6.29 Å². The average molecular weight is 330 g/mol. The topological polar surface area (TPSA) is 74.2 Å². The Bertz CT molecular complexity index is 404. The number of carbonyl (C=O) groups excluding carboxylic acids is 1. The summed E-state index contributed by atoms with van der Waals surface area (Å²) in [6.07, 6.45) is 0.453. The van der Waals surface area contributed by atoms with E-state index in [4.69, 9.17) is 18.9 Å². The Morgan fingerprint density at radius 3 is 2.17 bits per heavy atom. The van der Waals surface area contributed by atoms with Gasteiger partial charge >= 0.3 is 5.97 Å². The normalized spacial score (nSPS) is 39.0. The summed E-state index contributed by atoms with van der Waals surface area (Å²) in [5, 5.41) is 10.1. The van der Waals surface area contributed by atoms with Gasteiger partial charge in [0.25, 0.3) is 0 Å². The molecule has 2 saturated heterocycles. The molecule has 0 radical (unpaired) electrons. The van der Waals surface area contributed by atoms with E-state index in [0.717, 1.165) is 12.8 Å². The van der Waals surface area contributed by atoms with Gasteiger partial charge in [-0.1, -0.05) is 0 Å². The number of ether oxygens (including phenoxy) is 4. The maximum atomic E-state index is 12.2. The van der Waals surface area contributed by atoms with Crippen LogP contribution in [0.5, 0.6) is 0 Å². The number of hydrogen-bond donors (Lipinski definition) is 1. The van der Waals surface area contributed by atoms with Crippen molar-refractivity contribution < 1.29 is 28.8 Å². The molecule has 6 nitrogen and oxygen atoms in total. The Morgan fingerprint density at radius 1 is 1.00 bits per heavy atom. The van der Waals surface area contributed by atoms with Crippen LogP contribution in [0, 0.1) is 5.41 Å². The summed E-state index contributed by atoms with van der Waals surface area (Å²) in [7, 11) is 0. The van der Waals surface area contributed by atoms with Crippen molar-refractivity contribution in [2.45, 2.75) is 97.3 Å². The van der Waals surface area contributed by atoms with Crippen LogP contribution in [-0.4, -0.2) is 48.1 Å². The van der Waals surface area contributed by atoms with Crippen LogP contribution in [0.15, 0.2) is 0 Å². The Morgan fingerprint density at radius 2 is 1.57 bits per heavy atom. The van der Waals surface area contributed by atoms with Crippen LogP contribution in [-0.2, 0) is 23.7 Å². The van der Waals surface area contributed by atoms with Gasteiger partial charge in [0, 0.05) is 0 Å². The quantitative estimate of drug-likeness (QED) is 0.801. The lowest BCUT2D eigenvalue weighted by molar-refractivity contribution is -0.308. The van der Waals surface area contributed by atoms with Crippen molar-refractivity contribution in [1.82, 2.24) is 0 Å². The molecule has 2 aliphatic rings. The summed E-state index contributed by atoms with van der Waals surface area (Å²) >= 11 is 0. The summed E-state index contributed by atoms with van der Waals surface area (Å²) in [5.74, 6) is -0.330. The summed E-state index contributed by atoms with van der Waals surface area (Å²) in [5.41, 5.74) is -0.607. The number of aliphatic hydroxyl groups is 1. The first-order chi connectivity index (χ1) is 10.7. The van der Waals surface area contributed by atoms with Crippen molar-refractivity contribution in [2.75, 3.05) is 0 Å². The van der Waals surface area contributed by atoms with E-state index in [9.17, 15) is 9.90 Å². The van der Waals surface area contributed by atoms with E-state index in [0.29, 0.717) is 12.8 Å². The molecule has 6 atom stereocenters. The molecule has 2 fully saturated rings. The molecule has 23 heavy (non-hydrogen) atoms. The Labute approximate surface area is 138 Å². The van der Waals surface area contributed by atoms with Crippen LogP contribution in [0.2, 0.25) is 0 Å². The highest BCUT2D eigenvalue weighted by Crippen LogP contribution is 2.29. The first-order valence-electron chi connectivity index (χ1n) is 8.52. The van der Waals surface area contributed by atoms with E-state index in [1.54, 1.807) is 20.8 Å². The fourth-order valence-corrected chi connectivity index (χ4v) is 2.66. The van der Waals surface area contributed by atoms with Crippen LogP contribution in [0.1, 0.15) is 60.3 Å². The predicted octanol–water partition coefficient (Wildman–Crippen LogP) is 2.37. The Kier molecular flexibility index (Phi) is 6.05. The molecule has 0 spiro atoms. The zero-order chi connectivity index (χ0) is 17.2. The molecule has 1 N–H and O–H groups in total. The summed E-state index contributed by atoms with van der Waals surface area (Å²) in [6.45, 7) is 9.30. The molecule has 0 bridgehead atoms. The predicted molar refractivity (Wildman–Crippen MR) is 83.6 cm³/mol. The molecule has 0 saturated carbocycles. The summed E-state index contributed by atoms with van der Waals surface area (Å²) < 4.78 is 22.9. The van der Waals surface area contributed by atoms with E-state index in [1.165, 1.54) is 0 Å². The Balaban J connectivity index is 2.00. The van der Waals surface area contributed by atoms with Crippen molar-refractivity contribution in [2.24, 2.45) is 5.41 Å². The molecule has 2 aliphatic heterocycles. The standard InChI is InChI=1S/C17H30O6/c1-10-6-8-12(18)14(20-10)22-13-9-7-11(2)21-15(13)23-16(19)17(3,4)5/h10-15,18H,6-9H2,1-5H3. The first kappa shape index (κ1) is 18.6. The van der Waals surface area contributed by atoms with Crippen LogP contribution in [0.4, 0.5) is 0 Å². The fraction of sp³-hybridized carbons (Fsp3) is 0.941. The SMILES string of the molecule is CC1CCC(O)C(OC2CCC(C)OC2OC(=O)C(C)(C)C)O1. The van der Waals surface area contributed by atoms with Gasteiger partial charge in [-0.3, -0.25) is 4.79 Å². The second-order valence-electron chi connectivity index (χ2n) is 7.68. The molecule has 0 aliphatic carbocycles. The lowest BCUT2D eigenvalue weighted by Gasteiger charge is -2.40. The van der Waals surface area contributed by atoms with Gasteiger partial charge in [-0.25, -0.2) is 0 Å². The number of esters is 1. The third-order valence-electron chi connectivity index (χ3n) is 4.22. The van der Waals surface area contributed by atoms with E-state index >= 15 is 0 Å². The van der Waals surface area contributed by atoms with Gasteiger partial charge in [0.1, 0.15) is 12.2 Å². The lowest BCUT2D eigenvalue weighted by Crippen LogP contribution is -2.49. The minimum atomic E-state index is -0.765. The van der Waals surface area contributed by atoms with Crippen LogP contribution < -0.4 is 0 Å². The van der Waals surface area contributed by atoms with Crippen molar-refractivity contribution in [3.63, 3.8) is 0 Å². The first-order valence-corrected chi connectivity index (χ1v) is 8.52. The van der Waals surface area contributed by atoms with Crippen molar-refractivity contribution in [3.05, 3.63) is 0 Å². The maximum Gasteiger partial charge on any atom is 0.313 e. The molecule has 0 aromatic heterocycles. The van der Waals surface area contributed by atoms with Gasteiger partial charge < -0.3 is 24.1 Å². The van der Waals surface area contributed by atoms with Crippen LogP contribution in [0.25, 0.3) is 0 Å². The van der Waals surface area contributed by atoms with Crippen molar-refractivity contribution in [3.8, 4) is 0 Å². The maximum absolute atomic E-state index is 12.2. The molecule has 0 aromatic carbocycles. The molecule has 2 heterocycles. The number of hydrogen-bond acceptors (Lipinski definition) is 6. The van der Waals surface area contributed by atoms with Gasteiger partial charge in [0.2, 0.25) is 6.29 Å². The fourth-order valence-electron chi connectivity index (χ4n) is 2.66.